The summed E-state index contributed by atoms with van der Waals surface area (Å²) in [4.78, 5) is 22.2. The number of ether oxygens (including phenoxy) is 1. The number of hydrogen-bond acceptors (Lipinski definition) is 6. The zero-order valence-electron chi connectivity index (χ0n) is 19.6. The third kappa shape index (κ3) is 5.05. The van der Waals surface area contributed by atoms with Crippen LogP contribution >= 0.6 is 23.2 Å². The normalized spacial score (nSPS) is 21.0. The molecule has 2 heterocycles. The quantitative estimate of drug-likeness (QED) is 0.353. The van der Waals surface area contributed by atoms with E-state index in [-0.39, 0.29) is 27.8 Å². The summed E-state index contributed by atoms with van der Waals surface area (Å²) in [6.07, 6.45) is 1.70. The summed E-state index contributed by atoms with van der Waals surface area (Å²) in [5.41, 5.74) is 8.14. The predicted octanol–water partition coefficient (Wildman–Crippen LogP) is 4.98. The van der Waals surface area contributed by atoms with Gasteiger partial charge in [-0.3, -0.25) is 4.79 Å². The Balaban J connectivity index is 1.71. The molecule has 1 aliphatic rings. The van der Waals surface area contributed by atoms with Crippen LogP contribution in [0.2, 0.25) is 10.0 Å². The minimum Gasteiger partial charge on any atom is -0.467 e. The van der Waals surface area contributed by atoms with Gasteiger partial charge in [0.2, 0.25) is 6.41 Å². The van der Waals surface area contributed by atoms with E-state index in [1.165, 1.54) is 12.1 Å². The van der Waals surface area contributed by atoms with Crippen LogP contribution < -0.4 is 15.8 Å². The van der Waals surface area contributed by atoms with Gasteiger partial charge in [-0.15, -0.1) is 0 Å². The van der Waals surface area contributed by atoms with Crippen LogP contribution in [0.4, 0.5) is 10.2 Å². The zero-order valence-corrected chi connectivity index (χ0v) is 21.1. The number of amides is 1. The molecule has 1 fully saturated rings. The number of benzene rings is 2. The van der Waals surface area contributed by atoms with Crippen molar-refractivity contribution in [2.75, 3.05) is 18.8 Å². The Morgan fingerprint density at radius 2 is 2.06 bits per heavy atom. The molecule has 1 aliphatic heterocycles. The number of carbonyl (C=O) groups excluding carboxylic acids is 1. The number of hydrogen-bond donors (Lipinski definition) is 2. The molecule has 184 valence electrons. The van der Waals surface area contributed by atoms with Gasteiger partial charge in [0.1, 0.15) is 11.9 Å². The van der Waals surface area contributed by atoms with Crippen LogP contribution in [0.3, 0.4) is 0 Å². The maximum absolute atomic E-state index is 14.0. The first-order chi connectivity index (χ1) is 16.6. The first-order valence-electron chi connectivity index (χ1n) is 11.1. The summed E-state index contributed by atoms with van der Waals surface area (Å²) in [7, 11) is 0. The molecule has 0 aliphatic carbocycles. The van der Waals surface area contributed by atoms with Gasteiger partial charge in [0, 0.05) is 35.3 Å². The van der Waals surface area contributed by atoms with E-state index in [4.69, 9.17) is 33.7 Å². The number of nitrogens with one attached hydrogen (secondary N) is 1. The van der Waals surface area contributed by atoms with Gasteiger partial charge in [-0.1, -0.05) is 47.5 Å². The van der Waals surface area contributed by atoms with Crippen LogP contribution in [0.1, 0.15) is 38.0 Å². The molecule has 2 aromatic carbocycles. The second kappa shape index (κ2) is 9.97. The summed E-state index contributed by atoms with van der Waals surface area (Å²) in [6.45, 7) is 6.89. The molecular weight excluding hydrogens is 492 g/mol. The molecule has 1 aromatic heterocycles. The van der Waals surface area contributed by atoms with E-state index in [0.717, 1.165) is 17.5 Å². The molecule has 3 N–H and O–H groups in total. The molecule has 10 heteroatoms. The summed E-state index contributed by atoms with van der Waals surface area (Å²) >= 11 is 12.4. The molecule has 7 nitrogen and oxygen atoms in total. The number of nitrogens with zero attached hydrogens (tertiary/aromatic N) is 3. The average Bonchev–Trinajstić information content (AvgIpc) is 2.82. The fourth-order valence-corrected chi connectivity index (χ4v) is 5.31. The molecule has 1 saturated heterocycles. The summed E-state index contributed by atoms with van der Waals surface area (Å²) in [6, 6.07) is 10.5. The highest BCUT2D eigenvalue weighted by Crippen LogP contribution is 2.37. The van der Waals surface area contributed by atoms with E-state index in [2.05, 4.69) is 22.2 Å². The lowest BCUT2D eigenvalue weighted by Gasteiger charge is -2.44. The largest absolute Gasteiger partial charge is 0.467 e. The number of carbonyl (C=O) groups is 1. The number of nitrogen functional groups attached to an aromatic ring is 1. The summed E-state index contributed by atoms with van der Waals surface area (Å²) in [5.74, 6) is -0.453. The topological polar surface area (TPSA) is 93.4 Å². The van der Waals surface area contributed by atoms with Gasteiger partial charge in [-0.2, -0.15) is 0 Å². The van der Waals surface area contributed by atoms with Crippen molar-refractivity contribution in [1.29, 1.82) is 0 Å². The highest BCUT2D eigenvalue weighted by atomic mass is 35.5. The van der Waals surface area contributed by atoms with Crippen LogP contribution in [-0.4, -0.2) is 40.4 Å². The summed E-state index contributed by atoms with van der Waals surface area (Å²) < 4.78 is 20.0. The molecule has 4 rings (SSSR count). The minimum atomic E-state index is -0.743. The zero-order chi connectivity index (χ0) is 25.3. The number of halogens is 3. The Morgan fingerprint density at radius 3 is 2.80 bits per heavy atom. The number of rotatable bonds is 6. The average molecular weight is 518 g/mol. The van der Waals surface area contributed by atoms with Gasteiger partial charge in [0.25, 0.3) is 5.88 Å². The first kappa shape index (κ1) is 25.2. The van der Waals surface area contributed by atoms with Gasteiger partial charge >= 0.3 is 0 Å². The number of anilines is 1. The van der Waals surface area contributed by atoms with Gasteiger partial charge < -0.3 is 20.7 Å². The van der Waals surface area contributed by atoms with E-state index in [9.17, 15) is 9.18 Å². The molecule has 3 atom stereocenters. The molecule has 0 saturated carbocycles. The number of piperazine rings is 1. The van der Waals surface area contributed by atoms with E-state index in [0.29, 0.717) is 24.3 Å². The van der Waals surface area contributed by atoms with Crippen LogP contribution in [0.25, 0.3) is 11.3 Å². The monoisotopic (exact) mass is 517 g/mol. The van der Waals surface area contributed by atoms with Gasteiger partial charge in [-0.25, -0.2) is 14.4 Å². The second-order valence-corrected chi connectivity index (χ2v) is 9.71. The lowest BCUT2D eigenvalue weighted by molar-refractivity contribution is -0.120. The summed E-state index contributed by atoms with van der Waals surface area (Å²) in [5, 5.41) is 3.76. The number of aromatic nitrogens is 2. The van der Waals surface area contributed by atoms with Crippen LogP contribution in [0.5, 0.6) is 5.88 Å². The molecule has 35 heavy (non-hydrogen) atoms. The standard InChI is InChI=1S/C25H26Cl2FN5O2/c1-14-11-33(13-34)12-25(3,32-14)17-7-5-4-6-16(17)20-10-30-23(29)24(31-20)35-15(2)21-18(26)8-9-19(28)22(21)27/h4-10,13-15,32H,11-12H2,1-3H3,(H2,29,30)/t14-,15?,25-/m0/s1. The smallest absolute Gasteiger partial charge is 0.258 e. The lowest BCUT2D eigenvalue weighted by Crippen LogP contribution is -2.60. The Morgan fingerprint density at radius 1 is 1.31 bits per heavy atom. The van der Waals surface area contributed by atoms with Gasteiger partial charge in [0.15, 0.2) is 5.82 Å². The van der Waals surface area contributed by atoms with E-state index in [1.54, 1.807) is 18.0 Å². The maximum atomic E-state index is 14.0. The third-order valence-corrected chi connectivity index (χ3v) is 6.79. The fraction of sp³-hybridized carbons (Fsp3) is 0.320. The second-order valence-electron chi connectivity index (χ2n) is 8.92. The SMILES string of the molecule is CC(Oc1nc(-c2ccccc2[C@]2(C)CN(C=O)C[C@H](C)N2)cnc1N)c1c(Cl)ccc(F)c1Cl. The molecule has 3 aromatic rings. The lowest BCUT2D eigenvalue weighted by atomic mass is 9.84. The van der Waals surface area contributed by atoms with Crippen LogP contribution in [0, 0.1) is 5.82 Å². The molecule has 0 radical (unpaired) electrons. The van der Waals surface area contributed by atoms with Crippen molar-refractivity contribution in [3.05, 3.63) is 69.6 Å². The molecule has 1 unspecified atom stereocenters. The molecular formula is C25H26Cl2FN5O2. The van der Waals surface area contributed by atoms with E-state index < -0.39 is 17.5 Å². The van der Waals surface area contributed by atoms with Crippen molar-refractivity contribution in [2.24, 2.45) is 0 Å². The van der Waals surface area contributed by atoms with Crippen molar-refractivity contribution < 1.29 is 13.9 Å². The van der Waals surface area contributed by atoms with Gasteiger partial charge in [-0.05, 0) is 38.5 Å². The third-order valence-electron chi connectivity index (χ3n) is 6.08. The Labute approximate surface area is 213 Å². The van der Waals surface area contributed by atoms with E-state index >= 15 is 0 Å². The van der Waals surface area contributed by atoms with Crippen molar-refractivity contribution >= 4 is 35.4 Å². The molecule has 0 spiro atoms. The highest BCUT2D eigenvalue weighted by Gasteiger charge is 2.37. The predicted molar refractivity (Wildman–Crippen MR) is 135 cm³/mol. The van der Waals surface area contributed by atoms with Crippen LogP contribution in [-0.2, 0) is 10.3 Å². The van der Waals surface area contributed by atoms with Crippen LogP contribution in [0.15, 0.2) is 42.6 Å². The van der Waals surface area contributed by atoms with E-state index in [1.807, 2.05) is 31.2 Å². The molecule has 0 bridgehead atoms. The van der Waals surface area contributed by atoms with Crippen molar-refractivity contribution in [3.63, 3.8) is 0 Å². The first-order valence-corrected chi connectivity index (χ1v) is 11.9. The number of nitrogens with two attached hydrogens (primary N) is 1. The minimum absolute atomic E-state index is 0.0736. The Hall–Kier alpha value is -2.94. The van der Waals surface area contributed by atoms with Gasteiger partial charge in [0.05, 0.1) is 22.5 Å². The van der Waals surface area contributed by atoms with Crippen molar-refractivity contribution in [1.82, 2.24) is 20.2 Å². The highest BCUT2D eigenvalue weighted by molar-refractivity contribution is 6.36. The molecule has 1 amide bonds. The van der Waals surface area contributed by atoms with Crippen molar-refractivity contribution in [2.45, 2.75) is 38.5 Å². The Bertz CT molecular complexity index is 1260. The Kier molecular flexibility index (Phi) is 7.17. The van der Waals surface area contributed by atoms with Crippen molar-refractivity contribution in [3.8, 4) is 17.1 Å². The fourth-order valence-electron chi connectivity index (χ4n) is 4.63. The maximum Gasteiger partial charge on any atom is 0.258 e.